The lowest BCUT2D eigenvalue weighted by Gasteiger charge is -2.14. The molecular weight excluding hydrogens is 228 g/mol. The smallest absolute Gasteiger partial charge is 0.299 e. The van der Waals surface area contributed by atoms with Gasteiger partial charge in [-0.3, -0.25) is 0 Å². The van der Waals surface area contributed by atoms with Crippen molar-refractivity contribution >= 4 is 10.1 Å². The Morgan fingerprint density at radius 3 is 2.12 bits per heavy atom. The highest BCUT2D eigenvalue weighted by Gasteiger charge is 2.21. The summed E-state index contributed by atoms with van der Waals surface area (Å²) in [7, 11) is -3.87. The summed E-state index contributed by atoms with van der Waals surface area (Å²) in [6, 6.07) is 6.27. The first kappa shape index (κ1) is 13.2. The molecule has 1 rings (SSSR count). The van der Waals surface area contributed by atoms with Gasteiger partial charge in [-0.1, -0.05) is 31.5 Å². The fourth-order valence-corrected chi connectivity index (χ4v) is 2.06. The van der Waals surface area contributed by atoms with Crippen LogP contribution in [-0.2, 0) is 14.3 Å². The van der Waals surface area contributed by atoms with Crippen LogP contribution in [-0.4, -0.2) is 19.8 Å². The second-order valence-corrected chi connectivity index (χ2v) is 5.57. The first-order chi connectivity index (χ1) is 7.33. The second kappa shape index (κ2) is 4.95. The van der Waals surface area contributed by atoms with Gasteiger partial charge in [0.2, 0.25) is 0 Å². The molecule has 1 N–H and O–H groups in total. The van der Waals surface area contributed by atoms with E-state index >= 15 is 0 Å². The van der Waals surface area contributed by atoms with Gasteiger partial charge in [0.15, 0.2) is 6.29 Å². The molecule has 0 aromatic heterocycles. The van der Waals surface area contributed by atoms with Crippen molar-refractivity contribution in [1.29, 1.82) is 0 Å². The van der Waals surface area contributed by atoms with Gasteiger partial charge < -0.3 is 5.11 Å². The van der Waals surface area contributed by atoms with E-state index in [1.165, 1.54) is 12.1 Å². The minimum Gasteiger partial charge on any atom is -0.367 e. The Morgan fingerprint density at radius 1 is 1.19 bits per heavy atom. The predicted molar refractivity (Wildman–Crippen MR) is 60.3 cm³/mol. The molecular formula is C11H16O4S. The molecule has 4 nitrogen and oxygen atoms in total. The van der Waals surface area contributed by atoms with E-state index in [0.717, 1.165) is 5.56 Å². The molecule has 0 aliphatic rings. The lowest BCUT2D eigenvalue weighted by atomic mass is 10.2. The molecule has 0 amide bonds. The Labute approximate surface area is 96.0 Å². The largest absolute Gasteiger partial charge is 0.367 e. The van der Waals surface area contributed by atoms with Gasteiger partial charge in [-0.15, -0.1) is 0 Å². The molecule has 0 aliphatic carbocycles. The van der Waals surface area contributed by atoms with Gasteiger partial charge in [-0.25, -0.2) is 4.18 Å². The van der Waals surface area contributed by atoms with Gasteiger partial charge in [0.1, 0.15) is 0 Å². The minimum absolute atomic E-state index is 0.0535. The molecule has 1 atom stereocenters. The van der Waals surface area contributed by atoms with Crippen LogP contribution in [0.25, 0.3) is 0 Å². The van der Waals surface area contributed by atoms with Crippen LogP contribution >= 0.6 is 0 Å². The number of rotatable bonds is 4. The predicted octanol–water partition coefficient (Wildman–Crippen LogP) is 1.67. The van der Waals surface area contributed by atoms with E-state index in [1.807, 2.05) is 6.92 Å². The molecule has 16 heavy (non-hydrogen) atoms. The summed E-state index contributed by atoms with van der Waals surface area (Å²) in [5, 5.41) is 9.38. The molecule has 0 saturated heterocycles. The molecule has 0 aliphatic heterocycles. The van der Waals surface area contributed by atoms with Gasteiger partial charge in [-0.05, 0) is 19.1 Å². The third-order valence-corrected chi connectivity index (χ3v) is 3.41. The van der Waals surface area contributed by atoms with Crippen LogP contribution in [0.1, 0.15) is 19.4 Å². The summed E-state index contributed by atoms with van der Waals surface area (Å²) in [4.78, 5) is 0.0535. The van der Waals surface area contributed by atoms with Gasteiger partial charge in [0.25, 0.3) is 10.1 Å². The standard InChI is InChI=1S/C11H16O4S/c1-8(2)11(12)15-16(13,14)10-6-4-9(3)5-7-10/h4-8,11-12H,1-3H3. The van der Waals surface area contributed by atoms with E-state index in [9.17, 15) is 13.5 Å². The number of hydrogen-bond acceptors (Lipinski definition) is 4. The molecule has 90 valence electrons. The van der Waals surface area contributed by atoms with Crippen LogP contribution in [0.4, 0.5) is 0 Å². The maximum Gasteiger partial charge on any atom is 0.299 e. The lowest BCUT2D eigenvalue weighted by molar-refractivity contribution is -0.0466. The topological polar surface area (TPSA) is 63.6 Å². The van der Waals surface area contributed by atoms with E-state index in [-0.39, 0.29) is 10.8 Å². The third kappa shape index (κ3) is 3.30. The van der Waals surface area contributed by atoms with Gasteiger partial charge in [0, 0.05) is 5.92 Å². The molecule has 0 heterocycles. The quantitative estimate of drug-likeness (QED) is 0.646. The summed E-state index contributed by atoms with van der Waals surface area (Å²) < 4.78 is 28.0. The molecule has 1 unspecified atom stereocenters. The Hall–Kier alpha value is -0.910. The first-order valence-corrected chi connectivity index (χ1v) is 6.42. The Balaban J connectivity index is 2.90. The van der Waals surface area contributed by atoms with Crippen LogP contribution in [0.15, 0.2) is 29.2 Å². The molecule has 0 bridgehead atoms. The van der Waals surface area contributed by atoms with Crippen molar-refractivity contribution < 1.29 is 17.7 Å². The lowest BCUT2D eigenvalue weighted by Crippen LogP contribution is -2.23. The second-order valence-electron chi connectivity index (χ2n) is 4.00. The van der Waals surface area contributed by atoms with Gasteiger partial charge >= 0.3 is 0 Å². The van der Waals surface area contributed by atoms with Crippen molar-refractivity contribution in [2.75, 3.05) is 0 Å². The van der Waals surface area contributed by atoms with E-state index in [4.69, 9.17) is 0 Å². The molecule has 1 aromatic rings. The molecule has 0 radical (unpaired) electrons. The fraction of sp³-hybridized carbons (Fsp3) is 0.455. The SMILES string of the molecule is Cc1ccc(S(=O)(=O)OC(O)C(C)C)cc1. The van der Waals surface area contributed by atoms with Crippen LogP contribution in [0.2, 0.25) is 0 Å². The normalized spacial score (nSPS) is 14.1. The van der Waals surface area contributed by atoms with Crippen molar-refractivity contribution in [3.05, 3.63) is 29.8 Å². The Kier molecular flexibility index (Phi) is 4.07. The average molecular weight is 244 g/mol. The van der Waals surface area contributed by atoms with Crippen LogP contribution < -0.4 is 0 Å². The summed E-state index contributed by atoms with van der Waals surface area (Å²) >= 11 is 0. The molecule has 0 spiro atoms. The van der Waals surface area contributed by atoms with Crippen LogP contribution in [0, 0.1) is 12.8 Å². The van der Waals surface area contributed by atoms with Crippen molar-refractivity contribution in [2.24, 2.45) is 5.92 Å². The maximum atomic E-state index is 11.7. The molecule has 5 heteroatoms. The number of aliphatic hydroxyl groups is 1. The molecule has 0 fully saturated rings. The Bertz CT molecular complexity index is 434. The highest BCUT2D eigenvalue weighted by molar-refractivity contribution is 7.86. The summed E-state index contributed by atoms with van der Waals surface area (Å²) in [6.07, 6.45) is -1.31. The van der Waals surface area contributed by atoms with Gasteiger partial charge in [0.05, 0.1) is 4.90 Å². The number of aryl methyl sites for hydroxylation is 1. The first-order valence-electron chi connectivity index (χ1n) is 5.01. The summed E-state index contributed by atoms with van der Waals surface area (Å²) in [5.41, 5.74) is 0.961. The van der Waals surface area contributed by atoms with Gasteiger partial charge in [-0.2, -0.15) is 8.42 Å². The maximum absolute atomic E-state index is 11.7. The van der Waals surface area contributed by atoms with E-state index in [1.54, 1.807) is 26.0 Å². The fourth-order valence-electron chi connectivity index (χ4n) is 1.00. The highest BCUT2D eigenvalue weighted by atomic mass is 32.2. The minimum atomic E-state index is -3.87. The number of aliphatic hydroxyl groups excluding tert-OH is 1. The summed E-state index contributed by atoms with van der Waals surface area (Å²) in [5.74, 6) is -0.278. The zero-order valence-electron chi connectivity index (χ0n) is 9.54. The summed E-state index contributed by atoms with van der Waals surface area (Å²) in [6.45, 7) is 5.21. The van der Waals surface area contributed by atoms with Crippen molar-refractivity contribution in [2.45, 2.75) is 32.0 Å². The van der Waals surface area contributed by atoms with Crippen molar-refractivity contribution in [1.82, 2.24) is 0 Å². The van der Waals surface area contributed by atoms with E-state index < -0.39 is 16.4 Å². The third-order valence-electron chi connectivity index (χ3n) is 2.11. The van der Waals surface area contributed by atoms with Crippen LogP contribution in [0.3, 0.4) is 0 Å². The number of benzene rings is 1. The monoisotopic (exact) mass is 244 g/mol. The Morgan fingerprint density at radius 2 is 1.69 bits per heavy atom. The number of hydrogen-bond donors (Lipinski definition) is 1. The zero-order valence-corrected chi connectivity index (χ0v) is 10.4. The van der Waals surface area contributed by atoms with E-state index in [0.29, 0.717) is 0 Å². The van der Waals surface area contributed by atoms with Crippen molar-refractivity contribution in [3.8, 4) is 0 Å². The molecule has 1 aromatic carbocycles. The van der Waals surface area contributed by atoms with E-state index in [2.05, 4.69) is 4.18 Å². The average Bonchev–Trinajstić information content (AvgIpc) is 2.17. The van der Waals surface area contributed by atoms with Crippen LogP contribution in [0.5, 0.6) is 0 Å². The van der Waals surface area contributed by atoms with Crippen molar-refractivity contribution in [3.63, 3.8) is 0 Å². The highest BCUT2D eigenvalue weighted by Crippen LogP contribution is 2.16. The molecule has 0 saturated carbocycles. The zero-order chi connectivity index (χ0) is 12.3.